The van der Waals surface area contributed by atoms with Crippen LogP contribution in [0, 0.1) is 21.7 Å². The monoisotopic (exact) mass is 389 g/mol. The van der Waals surface area contributed by atoms with Crippen LogP contribution in [0.1, 0.15) is 0 Å². The van der Waals surface area contributed by atoms with Gasteiger partial charge in [0.15, 0.2) is 16.8 Å². The van der Waals surface area contributed by atoms with Crippen molar-refractivity contribution in [3.63, 3.8) is 0 Å². The first-order chi connectivity index (χ1) is 10.9. The molecule has 0 amide bonds. The van der Waals surface area contributed by atoms with Crippen molar-refractivity contribution in [3.05, 3.63) is 48.9 Å². The maximum Gasteiger partial charge on any atom is 0.446 e. The minimum Gasteiger partial charge on any atom is -0.358 e. The summed E-state index contributed by atoms with van der Waals surface area (Å²) in [4.78, 5) is 21.7. The van der Waals surface area contributed by atoms with Gasteiger partial charge in [0.2, 0.25) is 5.82 Å². The van der Waals surface area contributed by atoms with Crippen molar-refractivity contribution in [2.45, 2.75) is 0 Å². The van der Waals surface area contributed by atoms with Crippen molar-refractivity contribution in [2.75, 3.05) is 0 Å². The van der Waals surface area contributed by atoms with Crippen molar-refractivity contribution in [3.8, 4) is 17.2 Å². The van der Waals surface area contributed by atoms with Gasteiger partial charge in [0, 0.05) is 6.07 Å². The first kappa shape index (κ1) is 15.0. The summed E-state index contributed by atoms with van der Waals surface area (Å²) in [5.74, 6) is -4.82. The van der Waals surface area contributed by atoms with E-state index in [0.717, 1.165) is 6.07 Å². The molecule has 0 aliphatic rings. The van der Waals surface area contributed by atoms with E-state index >= 15 is 0 Å². The summed E-state index contributed by atoms with van der Waals surface area (Å²) in [6.45, 7) is 0. The van der Waals surface area contributed by atoms with Crippen molar-refractivity contribution in [1.82, 2.24) is 20.0 Å². The highest BCUT2D eigenvalue weighted by atomic mass is 79.9. The number of hydrogen-bond donors (Lipinski definition) is 0. The van der Waals surface area contributed by atoms with Crippen molar-refractivity contribution in [2.24, 2.45) is 0 Å². The highest BCUT2D eigenvalue weighted by Gasteiger charge is 2.30. The summed E-state index contributed by atoms with van der Waals surface area (Å²) in [5, 5.41) is 20.5. The fourth-order valence-corrected chi connectivity index (χ4v) is 2.17. The minimum absolute atomic E-state index is 0.200. The van der Waals surface area contributed by atoms with Gasteiger partial charge in [-0.2, -0.15) is 0 Å². The molecule has 3 rings (SSSR count). The van der Waals surface area contributed by atoms with Crippen LogP contribution in [0.3, 0.4) is 0 Å². The Labute approximate surface area is 131 Å². The van der Waals surface area contributed by atoms with Gasteiger partial charge in [0.05, 0.1) is 10.2 Å². The zero-order valence-electron chi connectivity index (χ0n) is 10.6. The van der Waals surface area contributed by atoms with E-state index in [2.05, 4.69) is 40.6 Å². The highest BCUT2D eigenvalue weighted by molar-refractivity contribution is 9.10. The lowest BCUT2D eigenvalue weighted by Crippen LogP contribution is -2.14. The molecule has 0 unspecified atom stereocenters. The molecule has 0 N–H and O–H groups in total. The van der Waals surface area contributed by atoms with Crippen LogP contribution < -0.4 is 5.76 Å². The van der Waals surface area contributed by atoms with Crippen molar-refractivity contribution in [1.29, 1.82) is 0 Å². The largest absolute Gasteiger partial charge is 0.446 e. The van der Waals surface area contributed by atoms with E-state index in [0.29, 0.717) is 10.6 Å². The lowest BCUT2D eigenvalue weighted by molar-refractivity contribution is -0.390. The number of hydrogen-bond acceptors (Lipinski definition) is 8. The van der Waals surface area contributed by atoms with Crippen LogP contribution in [-0.4, -0.2) is 25.0 Å². The van der Waals surface area contributed by atoms with E-state index in [1.54, 1.807) is 0 Å². The SMILES string of the molecule is O=c1onc(-c2nonc2[N+](=O)[O-])n1-c1cc(F)c(F)c(Br)c1. The second-order valence-electron chi connectivity index (χ2n) is 4.02. The summed E-state index contributed by atoms with van der Waals surface area (Å²) in [7, 11) is 0. The first-order valence-electron chi connectivity index (χ1n) is 5.61. The van der Waals surface area contributed by atoms with E-state index in [1.807, 2.05) is 0 Å². The Balaban J connectivity index is 2.27. The summed E-state index contributed by atoms with van der Waals surface area (Å²) < 4.78 is 35.9. The van der Waals surface area contributed by atoms with Crippen LogP contribution in [0.25, 0.3) is 17.2 Å². The van der Waals surface area contributed by atoms with Crippen LogP contribution >= 0.6 is 15.9 Å². The Morgan fingerprint density at radius 1 is 1.26 bits per heavy atom. The van der Waals surface area contributed by atoms with E-state index in [4.69, 9.17) is 0 Å². The molecule has 0 aliphatic carbocycles. The van der Waals surface area contributed by atoms with Gasteiger partial charge in [0.25, 0.3) is 5.69 Å². The Hall–Kier alpha value is -2.96. The molecular formula is C10H2BrF2N5O5. The van der Waals surface area contributed by atoms with Gasteiger partial charge < -0.3 is 10.1 Å². The molecule has 0 fully saturated rings. The van der Waals surface area contributed by atoms with Crippen LogP contribution in [0.2, 0.25) is 0 Å². The van der Waals surface area contributed by atoms with Gasteiger partial charge in [0.1, 0.15) is 0 Å². The average molecular weight is 390 g/mol. The molecule has 2 aromatic heterocycles. The van der Waals surface area contributed by atoms with Crippen LogP contribution in [0.4, 0.5) is 14.6 Å². The Bertz CT molecular complexity index is 957. The maximum atomic E-state index is 13.5. The molecule has 0 saturated heterocycles. The molecule has 0 aliphatic heterocycles. The number of aromatic nitrogens is 4. The van der Waals surface area contributed by atoms with Crippen molar-refractivity contribution < 1.29 is 22.9 Å². The standard InChI is InChI=1S/C10H2BrF2N5O5/c11-4-1-3(2-5(12)6(4)13)17-8(15-22-10(17)19)7-9(18(20)21)16-23-14-7/h1-2H. The summed E-state index contributed by atoms with van der Waals surface area (Å²) in [6, 6.07) is 1.74. The smallest absolute Gasteiger partial charge is 0.358 e. The highest BCUT2D eigenvalue weighted by Crippen LogP contribution is 2.28. The maximum absolute atomic E-state index is 13.5. The van der Waals surface area contributed by atoms with Crippen molar-refractivity contribution >= 4 is 21.7 Å². The number of rotatable bonds is 3. The molecule has 13 heteroatoms. The quantitative estimate of drug-likeness (QED) is 0.376. The fraction of sp³-hybridized carbons (Fsp3) is 0. The molecular weight excluding hydrogens is 388 g/mol. The third-order valence-corrected chi connectivity index (χ3v) is 3.26. The number of halogens is 3. The second-order valence-corrected chi connectivity index (χ2v) is 4.88. The van der Waals surface area contributed by atoms with Crippen LogP contribution in [-0.2, 0) is 0 Å². The molecule has 10 nitrogen and oxygen atoms in total. The summed E-state index contributed by atoms with van der Waals surface area (Å²) >= 11 is 2.78. The normalized spacial score (nSPS) is 10.9. The third-order valence-electron chi connectivity index (χ3n) is 2.69. The third kappa shape index (κ3) is 2.40. The minimum atomic E-state index is -1.26. The molecule has 1 aromatic carbocycles. The fourth-order valence-electron chi connectivity index (χ4n) is 1.74. The van der Waals surface area contributed by atoms with Gasteiger partial charge in [-0.3, -0.25) is 4.52 Å². The molecule has 0 bridgehead atoms. The lowest BCUT2D eigenvalue weighted by atomic mass is 10.3. The van der Waals surface area contributed by atoms with Gasteiger partial charge >= 0.3 is 11.6 Å². The van der Waals surface area contributed by atoms with Crippen LogP contribution in [0.5, 0.6) is 0 Å². The molecule has 0 radical (unpaired) electrons. The van der Waals surface area contributed by atoms with E-state index in [-0.39, 0.29) is 10.2 Å². The Morgan fingerprint density at radius 3 is 2.65 bits per heavy atom. The van der Waals surface area contributed by atoms with E-state index < -0.39 is 39.7 Å². The average Bonchev–Trinajstić information content (AvgIpc) is 3.10. The van der Waals surface area contributed by atoms with Gasteiger partial charge in [-0.1, -0.05) is 5.16 Å². The second kappa shape index (κ2) is 5.35. The first-order valence-corrected chi connectivity index (χ1v) is 6.40. The lowest BCUT2D eigenvalue weighted by Gasteiger charge is -2.04. The number of benzene rings is 1. The topological polar surface area (TPSA) is 130 Å². The molecule has 23 heavy (non-hydrogen) atoms. The molecule has 2 heterocycles. The zero-order chi connectivity index (χ0) is 16.7. The molecule has 0 spiro atoms. The van der Waals surface area contributed by atoms with Crippen LogP contribution in [0.15, 0.2) is 30.6 Å². The molecule has 3 aromatic rings. The molecule has 118 valence electrons. The zero-order valence-corrected chi connectivity index (χ0v) is 12.2. The predicted molar refractivity (Wildman–Crippen MR) is 69.7 cm³/mol. The van der Waals surface area contributed by atoms with Gasteiger partial charge in [-0.15, -0.1) is 4.63 Å². The van der Waals surface area contributed by atoms with Gasteiger partial charge in [-0.05, 0) is 32.1 Å². The predicted octanol–water partition coefficient (Wildman–Crippen LogP) is 1.82. The molecule has 0 saturated carbocycles. The number of nitrogens with zero attached hydrogens (tertiary/aromatic N) is 5. The summed E-state index contributed by atoms with van der Waals surface area (Å²) in [6.07, 6.45) is 0. The number of nitro groups is 1. The summed E-state index contributed by atoms with van der Waals surface area (Å²) in [5.41, 5.74) is -0.712. The Morgan fingerprint density at radius 2 is 2.00 bits per heavy atom. The molecule has 0 atom stereocenters. The Kier molecular flexibility index (Phi) is 3.48. The van der Waals surface area contributed by atoms with Gasteiger partial charge in [-0.25, -0.2) is 18.1 Å². The van der Waals surface area contributed by atoms with E-state index in [1.165, 1.54) is 0 Å². The van der Waals surface area contributed by atoms with E-state index in [9.17, 15) is 23.7 Å².